The number of rotatable bonds is 8. The second kappa shape index (κ2) is 7.66. The summed E-state index contributed by atoms with van der Waals surface area (Å²) in [6.07, 6.45) is 7.16. The molecule has 1 aliphatic heterocycles. The lowest BCUT2D eigenvalue weighted by Crippen LogP contribution is -2.51. The van der Waals surface area contributed by atoms with E-state index in [0.717, 1.165) is 26.1 Å². The van der Waals surface area contributed by atoms with Gasteiger partial charge in [0.05, 0.1) is 6.04 Å². The number of likely N-dealkylation sites (N-methyl/N-ethyl adjacent to an activating group) is 1. The van der Waals surface area contributed by atoms with Crippen molar-refractivity contribution in [3.05, 3.63) is 0 Å². The molecule has 0 aliphatic carbocycles. The van der Waals surface area contributed by atoms with Crippen molar-refractivity contribution in [1.82, 2.24) is 10.2 Å². The third-order valence-corrected chi connectivity index (χ3v) is 3.26. The summed E-state index contributed by atoms with van der Waals surface area (Å²) in [6.45, 7) is 7.11. The van der Waals surface area contributed by atoms with Gasteiger partial charge in [-0.25, -0.2) is 0 Å². The molecule has 0 spiro atoms. The van der Waals surface area contributed by atoms with E-state index < -0.39 is 0 Å². The Morgan fingerprint density at radius 2 is 2.00 bits per heavy atom. The van der Waals surface area contributed by atoms with Gasteiger partial charge in [-0.1, -0.05) is 39.5 Å². The highest BCUT2D eigenvalue weighted by Gasteiger charge is 2.26. The molecule has 1 unspecified atom stereocenters. The number of unbranched alkanes of at least 4 members (excludes halogenated alkanes) is 3. The number of nitrogens with zero attached hydrogens (tertiary/aromatic N) is 1. The Bertz CT molecular complexity index is 202. The summed E-state index contributed by atoms with van der Waals surface area (Å²) in [5.74, 6) is 0.324. The van der Waals surface area contributed by atoms with Crippen molar-refractivity contribution in [2.24, 2.45) is 0 Å². The molecular formula is C13H26N2O. The van der Waals surface area contributed by atoms with Crippen LogP contribution in [-0.4, -0.2) is 36.5 Å². The van der Waals surface area contributed by atoms with E-state index in [1.165, 1.54) is 32.1 Å². The van der Waals surface area contributed by atoms with E-state index in [9.17, 15) is 4.79 Å². The fraction of sp³-hybridized carbons (Fsp3) is 0.923. The van der Waals surface area contributed by atoms with Crippen LogP contribution in [0.1, 0.15) is 52.4 Å². The van der Waals surface area contributed by atoms with E-state index in [-0.39, 0.29) is 6.04 Å². The lowest BCUT2D eigenvalue weighted by atomic mass is 10.0. The molecule has 1 N–H and O–H groups in total. The van der Waals surface area contributed by atoms with Gasteiger partial charge < -0.3 is 10.2 Å². The maximum Gasteiger partial charge on any atom is 0.239 e. The molecule has 0 bridgehead atoms. The summed E-state index contributed by atoms with van der Waals surface area (Å²) in [4.78, 5) is 14.0. The van der Waals surface area contributed by atoms with Crippen molar-refractivity contribution in [2.75, 3.05) is 19.6 Å². The molecule has 1 atom stereocenters. The number of carbonyl (C=O) groups is 1. The van der Waals surface area contributed by atoms with Crippen LogP contribution >= 0.6 is 0 Å². The molecule has 16 heavy (non-hydrogen) atoms. The molecule has 1 fully saturated rings. The number of hydrogen-bond donors (Lipinski definition) is 1. The summed E-state index contributed by atoms with van der Waals surface area (Å²) in [7, 11) is 0. The second-order valence-electron chi connectivity index (χ2n) is 4.64. The molecule has 1 amide bonds. The van der Waals surface area contributed by atoms with Crippen LogP contribution in [0.3, 0.4) is 0 Å². The number of nitrogens with one attached hydrogen (secondary N) is 1. The van der Waals surface area contributed by atoms with Gasteiger partial charge in [0, 0.05) is 13.1 Å². The first-order chi connectivity index (χ1) is 7.79. The molecule has 94 valence electrons. The van der Waals surface area contributed by atoms with E-state index in [4.69, 9.17) is 0 Å². The van der Waals surface area contributed by atoms with Crippen LogP contribution in [0.25, 0.3) is 0 Å². The van der Waals surface area contributed by atoms with Crippen molar-refractivity contribution in [2.45, 2.75) is 58.4 Å². The zero-order valence-corrected chi connectivity index (χ0v) is 10.8. The van der Waals surface area contributed by atoms with Crippen LogP contribution in [0.2, 0.25) is 0 Å². The van der Waals surface area contributed by atoms with Gasteiger partial charge in [0.2, 0.25) is 5.91 Å². The first-order valence-corrected chi connectivity index (χ1v) is 6.81. The van der Waals surface area contributed by atoms with Crippen molar-refractivity contribution in [3.8, 4) is 0 Å². The van der Waals surface area contributed by atoms with Gasteiger partial charge in [-0.15, -0.1) is 0 Å². The molecule has 1 rings (SSSR count). The van der Waals surface area contributed by atoms with Crippen molar-refractivity contribution in [1.29, 1.82) is 0 Å². The maximum absolute atomic E-state index is 12.0. The van der Waals surface area contributed by atoms with Gasteiger partial charge in [-0.05, 0) is 19.4 Å². The lowest BCUT2D eigenvalue weighted by Gasteiger charge is -2.34. The highest BCUT2D eigenvalue weighted by molar-refractivity contribution is 5.82. The first kappa shape index (κ1) is 13.5. The quantitative estimate of drug-likeness (QED) is 0.643. The van der Waals surface area contributed by atoms with Gasteiger partial charge >= 0.3 is 0 Å². The van der Waals surface area contributed by atoms with E-state index in [1.807, 2.05) is 4.90 Å². The Morgan fingerprint density at radius 3 is 2.50 bits per heavy atom. The summed E-state index contributed by atoms with van der Waals surface area (Å²) in [5, 5.41) is 3.32. The van der Waals surface area contributed by atoms with Crippen molar-refractivity contribution in [3.63, 3.8) is 0 Å². The van der Waals surface area contributed by atoms with Gasteiger partial charge in [0.15, 0.2) is 0 Å². The number of carbonyl (C=O) groups excluding carboxylic acids is 1. The van der Waals surface area contributed by atoms with Crippen LogP contribution in [-0.2, 0) is 4.79 Å². The third-order valence-electron chi connectivity index (χ3n) is 3.26. The monoisotopic (exact) mass is 226 g/mol. The van der Waals surface area contributed by atoms with Crippen LogP contribution < -0.4 is 5.32 Å². The molecule has 0 saturated carbocycles. The smallest absolute Gasteiger partial charge is 0.239 e. The predicted molar refractivity (Wildman–Crippen MR) is 67.4 cm³/mol. The number of amides is 1. The van der Waals surface area contributed by atoms with Crippen molar-refractivity contribution < 1.29 is 4.79 Å². The fourth-order valence-corrected chi connectivity index (χ4v) is 2.09. The van der Waals surface area contributed by atoms with Gasteiger partial charge in [-0.2, -0.15) is 0 Å². The Hall–Kier alpha value is -0.570. The summed E-state index contributed by atoms with van der Waals surface area (Å²) in [6, 6.07) is 0.0714. The van der Waals surface area contributed by atoms with E-state index in [0.29, 0.717) is 5.91 Å². The average molecular weight is 226 g/mol. The minimum Gasteiger partial charge on any atom is -0.341 e. The van der Waals surface area contributed by atoms with Crippen LogP contribution in [0.15, 0.2) is 0 Å². The Morgan fingerprint density at radius 1 is 1.25 bits per heavy atom. The highest BCUT2D eigenvalue weighted by Crippen LogP contribution is 2.12. The van der Waals surface area contributed by atoms with E-state index in [2.05, 4.69) is 19.2 Å². The molecule has 0 radical (unpaired) electrons. The topological polar surface area (TPSA) is 32.3 Å². The van der Waals surface area contributed by atoms with Crippen LogP contribution in [0.5, 0.6) is 0 Å². The zero-order chi connectivity index (χ0) is 11.8. The Labute approximate surface area is 99.6 Å². The minimum absolute atomic E-state index is 0.0714. The van der Waals surface area contributed by atoms with Gasteiger partial charge in [0.1, 0.15) is 0 Å². The first-order valence-electron chi connectivity index (χ1n) is 6.81. The summed E-state index contributed by atoms with van der Waals surface area (Å²) < 4.78 is 0. The molecule has 0 aromatic carbocycles. The molecule has 0 aromatic heterocycles. The van der Waals surface area contributed by atoms with E-state index >= 15 is 0 Å². The maximum atomic E-state index is 12.0. The molecule has 3 nitrogen and oxygen atoms in total. The summed E-state index contributed by atoms with van der Waals surface area (Å²) in [5.41, 5.74) is 0. The second-order valence-corrected chi connectivity index (χ2v) is 4.64. The molecule has 0 aromatic rings. The zero-order valence-electron chi connectivity index (χ0n) is 10.8. The van der Waals surface area contributed by atoms with Crippen LogP contribution in [0.4, 0.5) is 0 Å². The Kier molecular flexibility index (Phi) is 6.46. The molecular weight excluding hydrogens is 200 g/mol. The largest absolute Gasteiger partial charge is 0.341 e. The molecule has 3 heteroatoms. The molecule has 1 aliphatic rings. The predicted octanol–water partition coefficient (Wildman–Crippen LogP) is 2.17. The van der Waals surface area contributed by atoms with Gasteiger partial charge in [0.25, 0.3) is 0 Å². The SMILES string of the molecule is CCCCCCC(NCC)C(=O)N1CCC1. The highest BCUT2D eigenvalue weighted by atomic mass is 16.2. The summed E-state index contributed by atoms with van der Waals surface area (Å²) >= 11 is 0. The van der Waals surface area contributed by atoms with Gasteiger partial charge in [-0.3, -0.25) is 4.79 Å². The van der Waals surface area contributed by atoms with Crippen molar-refractivity contribution >= 4 is 5.91 Å². The fourth-order valence-electron chi connectivity index (χ4n) is 2.09. The number of hydrogen-bond acceptors (Lipinski definition) is 2. The number of likely N-dealkylation sites (tertiary alicyclic amines) is 1. The molecule has 1 saturated heterocycles. The third kappa shape index (κ3) is 4.12. The van der Waals surface area contributed by atoms with Crippen LogP contribution in [0, 0.1) is 0 Å². The van der Waals surface area contributed by atoms with E-state index in [1.54, 1.807) is 0 Å². The normalized spacial score (nSPS) is 17.0. The lowest BCUT2D eigenvalue weighted by molar-refractivity contribution is -0.137. The average Bonchev–Trinajstić information content (AvgIpc) is 2.20. The standard InChI is InChI=1S/C13H26N2O/c1-3-5-6-7-9-12(14-4-2)13(16)15-10-8-11-15/h12,14H,3-11H2,1-2H3. The minimum atomic E-state index is 0.0714. The Balaban J connectivity index is 2.25. The molecule has 1 heterocycles.